The molecule has 2 rings (SSSR count). The highest BCUT2D eigenvalue weighted by atomic mass is 16.5. The average molecular weight is 276 g/mol. The van der Waals surface area contributed by atoms with Crippen LogP contribution in [0.5, 0.6) is 11.5 Å². The van der Waals surface area contributed by atoms with Crippen LogP contribution in [0.4, 0.5) is 0 Å². The Morgan fingerprint density at radius 2 is 2.05 bits per heavy atom. The summed E-state index contributed by atoms with van der Waals surface area (Å²) in [5, 5.41) is 8.05. The fraction of sp³-hybridized carbons (Fsp3) is 0.429. The molecule has 0 radical (unpaired) electrons. The summed E-state index contributed by atoms with van der Waals surface area (Å²) in [5.41, 5.74) is 6.86. The van der Waals surface area contributed by atoms with E-state index in [4.69, 9.17) is 15.2 Å². The maximum atomic E-state index is 5.86. The van der Waals surface area contributed by atoms with E-state index < -0.39 is 0 Å². The van der Waals surface area contributed by atoms with Crippen LogP contribution in [0.15, 0.2) is 18.2 Å². The van der Waals surface area contributed by atoms with Crippen LogP contribution in [0.2, 0.25) is 0 Å². The van der Waals surface area contributed by atoms with Gasteiger partial charge >= 0.3 is 0 Å². The topological polar surface area (TPSA) is 75.2 Å². The summed E-state index contributed by atoms with van der Waals surface area (Å²) < 4.78 is 13.0. The first kappa shape index (κ1) is 14.3. The minimum atomic E-state index is -0.0423. The van der Waals surface area contributed by atoms with Crippen molar-refractivity contribution >= 4 is 0 Å². The summed E-state index contributed by atoms with van der Waals surface area (Å²) >= 11 is 0. The van der Waals surface area contributed by atoms with Crippen molar-refractivity contribution in [1.82, 2.24) is 14.8 Å². The minimum absolute atomic E-state index is 0.0423. The van der Waals surface area contributed by atoms with Crippen molar-refractivity contribution in [3.63, 3.8) is 0 Å². The molecule has 6 heteroatoms. The summed E-state index contributed by atoms with van der Waals surface area (Å²) in [5.74, 6) is 2.94. The Balaban J connectivity index is 2.15. The Kier molecular flexibility index (Phi) is 4.24. The molecule has 1 heterocycles. The third kappa shape index (κ3) is 2.91. The molecule has 0 aliphatic carbocycles. The molecule has 0 aliphatic rings. The molecule has 0 fully saturated rings. The molecule has 2 aromatic rings. The van der Waals surface area contributed by atoms with Crippen LogP contribution in [0.3, 0.4) is 0 Å². The van der Waals surface area contributed by atoms with Crippen molar-refractivity contribution in [2.75, 3.05) is 7.11 Å². The van der Waals surface area contributed by atoms with Crippen LogP contribution >= 0.6 is 0 Å². The van der Waals surface area contributed by atoms with Gasteiger partial charge in [0, 0.05) is 13.1 Å². The van der Waals surface area contributed by atoms with Crippen LogP contribution in [0, 0.1) is 6.92 Å². The van der Waals surface area contributed by atoms with E-state index in [0.717, 1.165) is 17.2 Å². The number of ether oxygens (including phenoxy) is 2. The molecule has 6 nitrogen and oxygen atoms in total. The van der Waals surface area contributed by atoms with Crippen LogP contribution in [0.25, 0.3) is 0 Å². The molecule has 0 spiro atoms. The van der Waals surface area contributed by atoms with E-state index >= 15 is 0 Å². The third-order valence-electron chi connectivity index (χ3n) is 3.25. The van der Waals surface area contributed by atoms with Crippen molar-refractivity contribution in [1.29, 1.82) is 0 Å². The zero-order valence-corrected chi connectivity index (χ0v) is 12.3. The highest BCUT2D eigenvalue weighted by Gasteiger charge is 2.10. The average Bonchev–Trinajstić information content (AvgIpc) is 2.76. The Morgan fingerprint density at radius 3 is 2.60 bits per heavy atom. The highest BCUT2D eigenvalue weighted by Crippen LogP contribution is 2.30. The number of aromatic nitrogens is 3. The largest absolute Gasteiger partial charge is 0.493 e. The summed E-state index contributed by atoms with van der Waals surface area (Å²) in [6, 6.07) is 5.65. The quantitative estimate of drug-likeness (QED) is 0.900. The van der Waals surface area contributed by atoms with Gasteiger partial charge in [0.05, 0.1) is 7.11 Å². The Bertz CT molecular complexity index is 593. The molecule has 108 valence electrons. The first-order chi connectivity index (χ1) is 9.52. The number of benzene rings is 1. The smallest absolute Gasteiger partial charge is 0.170 e. The standard InChI is InChI=1S/C14H20N4O2/c1-9(15)11-5-6-12(13(7-11)19-4)20-8-14-17-16-10(2)18(14)3/h5-7,9H,8,15H2,1-4H3/t9-/m0/s1. The zero-order chi connectivity index (χ0) is 14.7. The number of hydrogen-bond donors (Lipinski definition) is 1. The molecular formula is C14H20N4O2. The van der Waals surface area contributed by atoms with Crippen LogP contribution in [0.1, 0.15) is 30.2 Å². The summed E-state index contributed by atoms with van der Waals surface area (Å²) in [4.78, 5) is 0. The Morgan fingerprint density at radius 1 is 1.30 bits per heavy atom. The van der Waals surface area contributed by atoms with E-state index in [1.807, 2.05) is 43.7 Å². The second-order valence-electron chi connectivity index (χ2n) is 4.71. The molecular weight excluding hydrogens is 256 g/mol. The van der Waals surface area contributed by atoms with Gasteiger partial charge in [0.25, 0.3) is 0 Å². The molecule has 0 aliphatic heterocycles. The zero-order valence-electron chi connectivity index (χ0n) is 12.3. The maximum Gasteiger partial charge on any atom is 0.170 e. The second kappa shape index (κ2) is 5.92. The van der Waals surface area contributed by atoms with Crippen molar-refractivity contribution in [2.24, 2.45) is 12.8 Å². The van der Waals surface area contributed by atoms with Gasteiger partial charge in [-0.2, -0.15) is 0 Å². The van der Waals surface area contributed by atoms with Crippen molar-refractivity contribution in [2.45, 2.75) is 26.5 Å². The first-order valence-electron chi connectivity index (χ1n) is 6.44. The molecule has 2 N–H and O–H groups in total. The minimum Gasteiger partial charge on any atom is -0.493 e. The molecule has 1 atom stereocenters. The van der Waals surface area contributed by atoms with Gasteiger partial charge in [0.2, 0.25) is 0 Å². The van der Waals surface area contributed by atoms with Gasteiger partial charge in [-0.1, -0.05) is 6.07 Å². The summed E-state index contributed by atoms with van der Waals surface area (Å²) in [6.07, 6.45) is 0. The molecule has 1 aromatic carbocycles. The monoisotopic (exact) mass is 276 g/mol. The first-order valence-corrected chi connectivity index (χ1v) is 6.44. The van der Waals surface area contributed by atoms with Crippen LogP contribution < -0.4 is 15.2 Å². The molecule has 0 unspecified atom stereocenters. The predicted octanol–water partition coefficient (Wildman–Crippen LogP) is 1.73. The van der Waals surface area contributed by atoms with Gasteiger partial charge in [-0.15, -0.1) is 10.2 Å². The summed E-state index contributed by atoms with van der Waals surface area (Å²) in [7, 11) is 3.52. The lowest BCUT2D eigenvalue weighted by Crippen LogP contribution is -2.07. The molecule has 1 aromatic heterocycles. The van der Waals surface area contributed by atoms with E-state index in [-0.39, 0.29) is 6.04 Å². The van der Waals surface area contributed by atoms with Crippen LogP contribution in [-0.2, 0) is 13.7 Å². The van der Waals surface area contributed by atoms with E-state index in [2.05, 4.69) is 10.2 Å². The van der Waals surface area contributed by atoms with E-state index in [1.54, 1.807) is 7.11 Å². The van der Waals surface area contributed by atoms with Gasteiger partial charge in [0.15, 0.2) is 17.3 Å². The summed E-state index contributed by atoms with van der Waals surface area (Å²) in [6.45, 7) is 4.16. The van der Waals surface area contributed by atoms with Gasteiger partial charge in [0.1, 0.15) is 12.4 Å². The molecule has 0 bridgehead atoms. The lowest BCUT2D eigenvalue weighted by Gasteiger charge is -2.13. The fourth-order valence-electron chi connectivity index (χ4n) is 1.81. The number of nitrogens with two attached hydrogens (primary N) is 1. The van der Waals surface area contributed by atoms with Crippen molar-refractivity contribution in [3.8, 4) is 11.5 Å². The van der Waals surface area contributed by atoms with Gasteiger partial charge in [-0.05, 0) is 31.5 Å². The van der Waals surface area contributed by atoms with E-state index in [0.29, 0.717) is 18.1 Å². The second-order valence-corrected chi connectivity index (χ2v) is 4.71. The number of aryl methyl sites for hydroxylation is 1. The van der Waals surface area contributed by atoms with Crippen LogP contribution in [-0.4, -0.2) is 21.9 Å². The molecule has 0 saturated carbocycles. The maximum absolute atomic E-state index is 5.86. The number of methoxy groups -OCH3 is 1. The lowest BCUT2D eigenvalue weighted by atomic mass is 10.1. The van der Waals surface area contributed by atoms with Gasteiger partial charge in [-0.25, -0.2) is 0 Å². The van der Waals surface area contributed by atoms with E-state index in [9.17, 15) is 0 Å². The lowest BCUT2D eigenvalue weighted by molar-refractivity contribution is 0.272. The Labute approximate surface area is 118 Å². The molecule has 20 heavy (non-hydrogen) atoms. The normalized spacial score (nSPS) is 12.2. The highest BCUT2D eigenvalue weighted by molar-refractivity contribution is 5.43. The SMILES string of the molecule is COc1cc([C@H](C)N)ccc1OCc1nnc(C)n1C. The molecule has 0 amide bonds. The number of rotatable bonds is 5. The number of nitrogens with zero attached hydrogens (tertiary/aromatic N) is 3. The number of hydrogen-bond acceptors (Lipinski definition) is 5. The van der Waals surface area contributed by atoms with Crippen molar-refractivity contribution in [3.05, 3.63) is 35.4 Å². The molecule has 0 saturated heterocycles. The van der Waals surface area contributed by atoms with Gasteiger partial charge < -0.3 is 19.8 Å². The Hall–Kier alpha value is -2.08. The fourth-order valence-corrected chi connectivity index (χ4v) is 1.81. The van der Waals surface area contributed by atoms with E-state index in [1.165, 1.54) is 0 Å². The predicted molar refractivity (Wildman–Crippen MR) is 75.7 cm³/mol. The third-order valence-corrected chi connectivity index (χ3v) is 3.25. The van der Waals surface area contributed by atoms with Crippen molar-refractivity contribution < 1.29 is 9.47 Å². The van der Waals surface area contributed by atoms with Gasteiger partial charge in [-0.3, -0.25) is 0 Å².